The zero-order chi connectivity index (χ0) is 7.40. The van der Waals surface area contributed by atoms with Crippen LogP contribution in [0.5, 0.6) is 0 Å². The molecule has 1 fully saturated rings. The number of nitrogens with zero attached hydrogens (tertiary/aromatic N) is 2. The van der Waals surface area contributed by atoms with Gasteiger partial charge in [0, 0.05) is 0 Å². The van der Waals surface area contributed by atoms with E-state index >= 15 is 0 Å². The Kier molecular flexibility index (Phi) is 3.00. The Morgan fingerprint density at radius 2 is 1.70 bits per heavy atom. The van der Waals surface area contributed by atoms with Gasteiger partial charge in [-0.15, -0.1) is 0 Å². The van der Waals surface area contributed by atoms with Gasteiger partial charge in [0.1, 0.15) is 0 Å². The van der Waals surface area contributed by atoms with Crippen molar-refractivity contribution in [2.45, 2.75) is 10.6 Å². The molecule has 0 N–H and O–H groups in total. The van der Waals surface area contributed by atoms with Crippen molar-refractivity contribution in [1.29, 1.82) is 10.5 Å². The van der Waals surface area contributed by atoms with Crippen molar-refractivity contribution in [2.24, 2.45) is 0 Å². The molecule has 0 aromatic rings. The molecule has 0 bridgehead atoms. The van der Waals surface area contributed by atoms with Crippen LogP contribution in [-0.2, 0) is 0 Å². The molecule has 4 heteroatoms. The van der Waals surface area contributed by atoms with Gasteiger partial charge in [0.2, 0.25) is 0 Å². The number of rotatable bonds is 0. The summed E-state index contributed by atoms with van der Waals surface area (Å²) in [4.78, 5) is 0. The third-order valence-electron chi connectivity index (χ3n) is 0.977. The van der Waals surface area contributed by atoms with Crippen molar-refractivity contribution in [2.75, 3.05) is 0 Å². The molecule has 0 aromatic carbocycles. The molecule has 0 spiro atoms. The third-order valence-corrected chi connectivity index (χ3v) is 8.53. The molecular weight excluding hydrogens is 258 g/mol. The van der Waals surface area contributed by atoms with Crippen LogP contribution in [0.1, 0.15) is 0 Å². The summed E-state index contributed by atoms with van der Waals surface area (Å²) in [5.74, 6) is 0. The van der Waals surface area contributed by atoms with Crippen molar-refractivity contribution in [3.8, 4) is 12.1 Å². The van der Waals surface area contributed by atoms with Gasteiger partial charge in [0.25, 0.3) is 0 Å². The van der Waals surface area contributed by atoms with Crippen molar-refractivity contribution in [1.82, 2.24) is 0 Å². The van der Waals surface area contributed by atoms with Gasteiger partial charge in [-0.05, 0) is 0 Å². The van der Waals surface area contributed by atoms with Crippen LogP contribution in [0.25, 0.3) is 0 Å². The second-order valence-electron chi connectivity index (χ2n) is 1.58. The first-order valence-corrected chi connectivity index (χ1v) is 6.82. The second-order valence-corrected chi connectivity index (χ2v) is 7.53. The standard InChI is InChI=1S/C6H4N2Se2/c7-3-5(4-8)6-9-1-2-10-6/h1-2H2. The maximum absolute atomic E-state index is 8.48. The predicted molar refractivity (Wildman–Crippen MR) is 39.4 cm³/mol. The van der Waals surface area contributed by atoms with Crippen LogP contribution >= 0.6 is 0 Å². The van der Waals surface area contributed by atoms with Crippen molar-refractivity contribution >= 4 is 29.9 Å². The summed E-state index contributed by atoms with van der Waals surface area (Å²) in [5.41, 5.74) is 0.400. The zero-order valence-corrected chi connectivity index (χ0v) is 8.55. The Morgan fingerprint density at radius 3 is 2.10 bits per heavy atom. The van der Waals surface area contributed by atoms with Crippen LogP contribution in [0, 0.1) is 22.7 Å². The summed E-state index contributed by atoms with van der Waals surface area (Å²) in [5, 5.41) is 19.4. The van der Waals surface area contributed by atoms with Gasteiger partial charge in [0.05, 0.1) is 0 Å². The molecule has 1 aliphatic heterocycles. The maximum atomic E-state index is 8.48. The molecular formula is C6H4N2Se2. The minimum absolute atomic E-state index is 0.400. The topological polar surface area (TPSA) is 47.6 Å². The molecule has 1 heterocycles. The number of hydrogen-bond acceptors (Lipinski definition) is 2. The van der Waals surface area contributed by atoms with E-state index in [-0.39, 0.29) is 0 Å². The molecule has 1 rings (SSSR count). The van der Waals surface area contributed by atoms with E-state index in [1.54, 1.807) is 0 Å². The summed E-state index contributed by atoms with van der Waals surface area (Å²) < 4.78 is 1.19. The van der Waals surface area contributed by atoms with Gasteiger partial charge in [-0.1, -0.05) is 0 Å². The van der Waals surface area contributed by atoms with E-state index < -0.39 is 0 Å². The molecule has 0 radical (unpaired) electrons. The van der Waals surface area contributed by atoms with Crippen LogP contribution in [0.2, 0.25) is 10.6 Å². The van der Waals surface area contributed by atoms with Gasteiger partial charge in [-0.3, -0.25) is 0 Å². The monoisotopic (exact) mass is 264 g/mol. The third kappa shape index (κ3) is 1.63. The van der Waals surface area contributed by atoms with Crippen LogP contribution in [0.4, 0.5) is 0 Å². The van der Waals surface area contributed by atoms with Crippen molar-refractivity contribution in [3.63, 3.8) is 0 Å². The van der Waals surface area contributed by atoms with E-state index in [1.807, 2.05) is 12.1 Å². The van der Waals surface area contributed by atoms with Crippen LogP contribution in [-0.4, -0.2) is 29.9 Å². The fraction of sp³-hybridized carbons (Fsp3) is 0.333. The van der Waals surface area contributed by atoms with E-state index in [2.05, 4.69) is 0 Å². The molecule has 1 saturated heterocycles. The summed E-state index contributed by atoms with van der Waals surface area (Å²) in [7, 11) is 0. The number of allylic oxidation sites excluding steroid dienone is 1. The van der Waals surface area contributed by atoms with Gasteiger partial charge in [0.15, 0.2) is 0 Å². The molecule has 0 aromatic heterocycles. The van der Waals surface area contributed by atoms with Gasteiger partial charge in [-0.2, -0.15) is 0 Å². The molecule has 0 saturated carbocycles. The second kappa shape index (κ2) is 3.81. The molecule has 0 amide bonds. The van der Waals surface area contributed by atoms with Crippen LogP contribution in [0.3, 0.4) is 0 Å². The first-order valence-electron chi connectivity index (χ1n) is 2.68. The number of nitriles is 2. The summed E-state index contributed by atoms with van der Waals surface area (Å²) >= 11 is 0.946. The Balaban J connectivity index is 2.85. The minimum atomic E-state index is 0.400. The van der Waals surface area contributed by atoms with Gasteiger partial charge < -0.3 is 0 Å². The Hall–Kier alpha value is -0.241. The molecule has 1 aliphatic rings. The molecule has 10 heavy (non-hydrogen) atoms. The number of hydrogen-bond donors (Lipinski definition) is 0. The Bertz CT molecular complexity index is 219. The molecule has 50 valence electrons. The fourth-order valence-electron chi connectivity index (χ4n) is 0.571. The van der Waals surface area contributed by atoms with E-state index in [0.717, 1.165) is 0 Å². The van der Waals surface area contributed by atoms with Gasteiger partial charge >= 0.3 is 72.2 Å². The molecule has 2 nitrogen and oxygen atoms in total. The molecule has 0 aliphatic carbocycles. The first kappa shape index (κ1) is 7.86. The van der Waals surface area contributed by atoms with Crippen molar-refractivity contribution < 1.29 is 0 Å². The fourth-order valence-corrected chi connectivity index (χ4v) is 7.40. The quantitative estimate of drug-likeness (QED) is 0.471. The normalized spacial score (nSPS) is 16.0. The first-order chi connectivity index (χ1) is 4.88. The average molecular weight is 262 g/mol. The molecule has 0 atom stereocenters. The summed E-state index contributed by atoms with van der Waals surface area (Å²) in [6.07, 6.45) is 0. The Morgan fingerprint density at radius 1 is 1.20 bits per heavy atom. The van der Waals surface area contributed by atoms with Crippen molar-refractivity contribution in [3.05, 3.63) is 8.94 Å². The SMILES string of the molecule is N#CC(C#N)=C1[Se]CC[Se]1. The van der Waals surface area contributed by atoms with E-state index in [9.17, 15) is 0 Å². The van der Waals surface area contributed by atoms with Crippen LogP contribution < -0.4 is 0 Å². The van der Waals surface area contributed by atoms with Gasteiger partial charge in [-0.25, -0.2) is 0 Å². The zero-order valence-electron chi connectivity index (χ0n) is 5.13. The average Bonchev–Trinajstić information content (AvgIpc) is 2.43. The van der Waals surface area contributed by atoms with E-state index in [0.29, 0.717) is 35.5 Å². The summed E-state index contributed by atoms with van der Waals surface area (Å²) in [6.45, 7) is 0. The summed E-state index contributed by atoms with van der Waals surface area (Å²) in [6, 6.07) is 3.89. The predicted octanol–water partition coefficient (Wildman–Crippen LogP) is 0.504. The van der Waals surface area contributed by atoms with E-state index in [1.165, 1.54) is 14.0 Å². The molecule has 0 unspecified atom stereocenters. The Labute approximate surface area is 72.2 Å². The van der Waals surface area contributed by atoms with Crippen LogP contribution in [0.15, 0.2) is 8.94 Å². The van der Waals surface area contributed by atoms with E-state index in [4.69, 9.17) is 10.5 Å².